The smallest absolute Gasteiger partial charge is 0.0194 e. The summed E-state index contributed by atoms with van der Waals surface area (Å²) in [4.78, 5) is 0. The summed E-state index contributed by atoms with van der Waals surface area (Å²) in [5.41, 5.74) is 0. The van der Waals surface area contributed by atoms with Gasteiger partial charge in [-0.2, -0.15) is 0 Å². The van der Waals surface area contributed by atoms with Gasteiger partial charge in [0.05, 0.1) is 0 Å². The van der Waals surface area contributed by atoms with Crippen LogP contribution in [-0.2, 0) is 0 Å². The third kappa shape index (κ3) is 0.635. The molecule has 82 valence electrons. The maximum atomic E-state index is 2.55. The molecule has 0 heteroatoms. The molecule has 4 fully saturated rings. The van der Waals surface area contributed by atoms with Crippen molar-refractivity contribution in [3.63, 3.8) is 0 Å². The molecule has 4 saturated carbocycles. The van der Waals surface area contributed by atoms with Gasteiger partial charge in [0, 0.05) is 0 Å². The second kappa shape index (κ2) is 2.09. The van der Waals surface area contributed by atoms with E-state index >= 15 is 0 Å². The summed E-state index contributed by atoms with van der Waals surface area (Å²) in [5, 5.41) is 0. The van der Waals surface area contributed by atoms with E-state index in [2.05, 4.69) is 24.3 Å². The zero-order chi connectivity index (χ0) is 10.0. The van der Waals surface area contributed by atoms with Gasteiger partial charge in [-0.25, -0.2) is 0 Å². The molecule has 0 N–H and O–H groups in total. The fourth-order valence-electron chi connectivity index (χ4n) is 6.74. The summed E-state index contributed by atoms with van der Waals surface area (Å²) in [5.74, 6) is 11.1. The zero-order valence-electron chi connectivity index (χ0n) is 9.50. The number of rotatable bonds is 1. The first kappa shape index (κ1) is 7.74. The molecule has 6 rings (SSSR count). The third-order valence-electron chi connectivity index (χ3n) is 7.11. The Morgan fingerprint density at radius 1 is 0.438 bits per heavy atom. The van der Waals surface area contributed by atoms with Crippen molar-refractivity contribution in [2.75, 3.05) is 0 Å². The largest absolute Gasteiger partial charge is 0.0848 e. The van der Waals surface area contributed by atoms with Gasteiger partial charge in [-0.05, 0) is 72.0 Å². The molecule has 16 heavy (non-hydrogen) atoms. The average Bonchev–Trinajstić information content (AvgIpc) is 2.93. The maximum absolute atomic E-state index is 2.55. The van der Waals surface area contributed by atoms with Crippen LogP contribution in [0.4, 0.5) is 0 Å². The van der Waals surface area contributed by atoms with Crippen LogP contribution in [0.3, 0.4) is 0 Å². The van der Waals surface area contributed by atoms with Crippen LogP contribution in [0.25, 0.3) is 0 Å². The van der Waals surface area contributed by atoms with Crippen LogP contribution in [0.5, 0.6) is 0 Å². The van der Waals surface area contributed by atoms with Gasteiger partial charge in [-0.1, -0.05) is 24.3 Å². The molecular formula is C16H18. The Balaban J connectivity index is 1.32. The summed E-state index contributed by atoms with van der Waals surface area (Å²) in [6, 6.07) is 0. The van der Waals surface area contributed by atoms with Gasteiger partial charge in [0.1, 0.15) is 0 Å². The summed E-state index contributed by atoms with van der Waals surface area (Å²) in [6.07, 6.45) is 13.3. The minimum absolute atomic E-state index is 1.02. The molecule has 4 bridgehead atoms. The number of allylic oxidation sites excluding steroid dienone is 4. The van der Waals surface area contributed by atoms with Crippen molar-refractivity contribution in [2.45, 2.75) is 12.8 Å². The lowest BCUT2D eigenvalue weighted by Crippen LogP contribution is -2.07. The van der Waals surface area contributed by atoms with Crippen LogP contribution < -0.4 is 0 Å². The molecule has 0 amide bonds. The summed E-state index contributed by atoms with van der Waals surface area (Å²) >= 11 is 0. The average molecular weight is 210 g/mol. The van der Waals surface area contributed by atoms with Crippen molar-refractivity contribution in [1.29, 1.82) is 0 Å². The summed E-state index contributed by atoms with van der Waals surface area (Å²) in [7, 11) is 0. The van der Waals surface area contributed by atoms with Gasteiger partial charge in [0.2, 0.25) is 0 Å². The second-order valence-corrected chi connectivity index (χ2v) is 7.36. The molecule has 0 aromatic carbocycles. The molecule has 0 nitrogen and oxygen atoms in total. The van der Waals surface area contributed by atoms with E-state index in [-0.39, 0.29) is 0 Å². The molecule has 6 aliphatic carbocycles. The molecule has 0 aromatic rings. The van der Waals surface area contributed by atoms with Gasteiger partial charge < -0.3 is 0 Å². The molecule has 0 aromatic heterocycles. The van der Waals surface area contributed by atoms with E-state index in [0.29, 0.717) is 0 Å². The van der Waals surface area contributed by atoms with Gasteiger partial charge in [-0.15, -0.1) is 0 Å². The van der Waals surface area contributed by atoms with Gasteiger partial charge >= 0.3 is 0 Å². The van der Waals surface area contributed by atoms with Crippen LogP contribution in [0, 0.1) is 59.2 Å². The van der Waals surface area contributed by atoms with E-state index in [1.165, 1.54) is 24.7 Å². The highest BCUT2D eigenvalue weighted by atomic mass is 14.8. The number of hydrogen-bond donors (Lipinski definition) is 0. The molecule has 0 spiro atoms. The van der Waals surface area contributed by atoms with E-state index < -0.39 is 0 Å². The van der Waals surface area contributed by atoms with Crippen molar-refractivity contribution >= 4 is 0 Å². The monoisotopic (exact) mass is 210 g/mol. The molecule has 10 atom stereocenters. The van der Waals surface area contributed by atoms with E-state index in [0.717, 1.165) is 47.3 Å². The van der Waals surface area contributed by atoms with Crippen molar-refractivity contribution < 1.29 is 0 Å². The lowest BCUT2D eigenvalue weighted by Gasteiger charge is -2.13. The van der Waals surface area contributed by atoms with Crippen LogP contribution in [0.15, 0.2) is 24.3 Å². The van der Waals surface area contributed by atoms with E-state index in [1.807, 2.05) is 0 Å². The van der Waals surface area contributed by atoms with Crippen LogP contribution in [0.2, 0.25) is 0 Å². The summed E-state index contributed by atoms with van der Waals surface area (Å²) in [6.45, 7) is 0. The normalized spacial score (nSPS) is 74.5. The third-order valence-corrected chi connectivity index (χ3v) is 7.11. The lowest BCUT2D eigenvalue weighted by molar-refractivity contribution is 0.377. The van der Waals surface area contributed by atoms with Gasteiger partial charge in [-0.3, -0.25) is 0 Å². The van der Waals surface area contributed by atoms with Crippen molar-refractivity contribution in [3.8, 4) is 0 Å². The first-order valence-electron chi connectivity index (χ1n) is 7.30. The fraction of sp³-hybridized carbons (Fsp3) is 0.750. The van der Waals surface area contributed by atoms with E-state index in [4.69, 9.17) is 0 Å². The molecular weight excluding hydrogens is 192 g/mol. The maximum Gasteiger partial charge on any atom is -0.0194 e. The number of fused-ring (bicyclic) bond motifs is 10. The predicted octanol–water partition coefficient (Wildman–Crippen LogP) is 3.12. The fourth-order valence-corrected chi connectivity index (χ4v) is 6.74. The molecule has 0 radical (unpaired) electrons. The highest BCUT2D eigenvalue weighted by molar-refractivity contribution is 5.32. The van der Waals surface area contributed by atoms with Crippen molar-refractivity contribution in [3.05, 3.63) is 24.3 Å². The Hall–Kier alpha value is -0.520. The lowest BCUT2D eigenvalue weighted by atomic mass is 9.92. The first-order valence-corrected chi connectivity index (χ1v) is 7.30. The van der Waals surface area contributed by atoms with Gasteiger partial charge in [0.25, 0.3) is 0 Å². The Morgan fingerprint density at radius 2 is 0.750 bits per heavy atom. The second-order valence-electron chi connectivity index (χ2n) is 7.36. The van der Waals surface area contributed by atoms with E-state index in [9.17, 15) is 0 Å². The zero-order valence-corrected chi connectivity index (χ0v) is 9.50. The highest BCUT2D eigenvalue weighted by Crippen LogP contribution is 2.79. The Bertz CT molecular complexity index is 367. The van der Waals surface area contributed by atoms with E-state index in [1.54, 1.807) is 0 Å². The SMILES string of the molecule is C1=C[C@H]2C[C@@H]1C1C(C3C4C3[C@H]3C=C[C@@H]4C3)C12. The quantitative estimate of drug-likeness (QED) is 0.583. The molecule has 0 aliphatic heterocycles. The minimum Gasteiger partial charge on any atom is -0.0848 e. The molecule has 0 heterocycles. The molecule has 6 unspecified atom stereocenters. The standard InChI is InChI=1S/C16H18/c1-2-8-5-7(1)11-12(8)15(11)16-13-9-3-4-10(6-9)14(13)16/h1-4,7-16H,5-6H2/t7-,8+,9-,10+,11?,12?,13?,14?,15?,16?. The van der Waals surface area contributed by atoms with Crippen LogP contribution in [0.1, 0.15) is 12.8 Å². The number of hydrogen-bond acceptors (Lipinski definition) is 0. The molecule has 0 saturated heterocycles. The highest BCUT2D eigenvalue weighted by Gasteiger charge is 2.75. The Labute approximate surface area is 96.8 Å². The van der Waals surface area contributed by atoms with Crippen LogP contribution in [-0.4, -0.2) is 0 Å². The Kier molecular flexibility index (Phi) is 1.01. The minimum atomic E-state index is 1.02. The predicted molar refractivity (Wildman–Crippen MR) is 62.4 cm³/mol. The Morgan fingerprint density at radius 3 is 1.06 bits per heavy atom. The van der Waals surface area contributed by atoms with Crippen molar-refractivity contribution in [2.24, 2.45) is 59.2 Å². The van der Waals surface area contributed by atoms with Crippen molar-refractivity contribution in [1.82, 2.24) is 0 Å². The first-order chi connectivity index (χ1) is 7.93. The summed E-state index contributed by atoms with van der Waals surface area (Å²) < 4.78 is 0. The van der Waals surface area contributed by atoms with Gasteiger partial charge in [0.15, 0.2) is 0 Å². The van der Waals surface area contributed by atoms with Crippen LogP contribution >= 0.6 is 0 Å². The topological polar surface area (TPSA) is 0 Å². The molecule has 6 aliphatic rings.